The van der Waals surface area contributed by atoms with Gasteiger partial charge in [-0.25, -0.2) is 4.79 Å². The SMILES string of the molecule is CC(C)(C)OC(=O)N1CCN(c2ccc(-c3nnc(CCc4ccccc4)o3)cc2)CC1. The summed E-state index contributed by atoms with van der Waals surface area (Å²) in [5.41, 5.74) is 2.80. The van der Waals surface area contributed by atoms with E-state index in [2.05, 4.69) is 39.4 Å². The van der Waals surface area contributed by atoms with Crippen LogP contribution in [-0.2, 0) is 17.6 Å². The molecule has 32 heavy (non-hydrogen) atoms. The Morgan fingerprint density at radius 3 is 2.28 bits per heavy atom. The molecule has 2 heterocycles. The van der Waals surface area contributed by atoms with Crippen LogP contribution in [0.4, 0.5) is 10.5 Å². The highest BCUT2D eigenvalue weighted by Gasteiger charge is 2.26. The lowest BCUT2D eigenvalue weighted by Crippen LogP contribution is -2.50. The molecule has 3 aromatic rings. The standard InChI is InChI=1S/C25H30N4O3/c1-25(2,3)32-24(30)29-17-15-28(16-18-29)21-12-10-20(11-13-21)23-27-26-22(31-23)14-9-19-7-5-4-6-8-19/h4-8,10-13H,9,14-18H2,1-3H3. The largest absolute Gasteiger partial charge is 0.444 e. The molecule has 0 N–H and O–H groups in total. The first kappa shape index (κ1) is 21.9. The number of carbonyl (C=O) groups is 1. The van der Waals surface area contributed by atoms with Gasteiger partial charge in [-0.2, -0.15) is 0 Å². The summed E-state index contributed by atoms with van der Waals surface area (Å²) in [6.07, 6.45) is 1.35. The van der Waals surface area contributed by atoms with Crippen molar-refractivity contribution < 1.29 is 13.9 Å². The third-order valence-corrected chi connectivity index (χ3v) is 5.35. The van der Waals surface area contributed by atoms with Gasteiger partial charge in [0.05, 0.1) is 0 Å². The molecule has 1 aliphatic heterocycles. The lowest BCUT2D eigenvalue weighted by atomic mass is 10.1. The fourth-order valence-electron chi connectivity index (χ4n) is 3.66. The first-order valence-electron chi connectivity index (χ1n) is 11.1. The quantitative estimate of drug-likeness (QED) is 0.585. The molecule has 2 aromatic carbocycles. The van der Waals surface area contributed by atoms with Crippen LogP contribution < -0.4 is 4.90 Å². The Balaban J connectivity index is 1.31. The number of ether oxygens (including phenoxy) is 1. The number of amides is 1. The number of aromatic nitrogens is 2. The molecule has 0 unspecified atom stereocenters. The number of aryl methyl sites for hydroxylation is 2. The second-order valence-corrected chi connectivity index (χ2v) is 8.99. The predicted molar refractivity (Wildman–Crippen MR) is 124 cm³/mol. The Morgan fingerprint density at radius 2 is 1.62 bits per heavy atom. The summed E-state index contributed by atoms with van der Waals surface area (Å²) in [6.45, 7) is 8.48. The van der Waals surface area contributed by atoms with E-state index < -0.39 is 5.60 Å². The molecular weight excluding hydrogens is 404 g/mol. The summed E-state index contributed by atoms with van der Waals surface area (Å²) >= 11 is 0. The van der Waals surface area contributed by atoms with E-state index in [1.807, 2.05) is 51.1 Å². The average molecular weight is 435 g/mol. The number of rotatable bonds is 5. The van der Waals surface area contributed by atoms with Crippen molar-refractivity contribution in [3.63, 3.8) is 0 Å². The molecule has 0 atom stereocenters. The highest BCUT2D eigenvalue weighted by atomic mass is 16.6. The third kappa shape index (κ3) is 5.66. The highest BCUT2D eigenvalue weighted by molar-refractivity contribution is 5.69. The van der Waals surface area contributed by atoms with Crippen molar-refractivity contribution in [1.29, 1.82) is 0 Å². The van der Waals surface area contributed by atoms with E-state index in [0.29, 0.717) is 24.9 Å². The van der Waals surface area contributed by atoms with Crippen LogP contribution in [-0.4, -0.2) is 53.0 Å². The Morgan fingerprint density at radius 1 is 0.938 bits per heavy atom. The van der Waals surface area contributed by atoms with E-state index in [9.17, 15) is 4.79 Å². The van der Waals surface area contributed by atoms with Crippen LogP contribution in [0, 0.1) is 0 Å². The third-order valence-electron chi connectivity index (χ3n) is 5.35. The minimum atomic E-state index is -0.472. The van der Waals surface area contributed by atoms with Gasteiger partial charge in [-0.15, -0.1) is 10.2 Å². The van der Waals surface area contributed by atoms with E-state index >= 15 is 0 Å². The first-order chi connectivity index (χ1) is 15.4. The maximum absolute atomic E-state index is 12.2. The van der Waals surface area contributed by atoms with Crippen LogP contribution in [0.3, 0.4) is 0 Å². The molecule has 0 bridgehead atoms. The van der Waals surface area contributed by atoms with E-state index in [-0.39, 0.29) is 6.09 Å². The van der Waals surface area contributed by atoms with Gasteiger partial charge in [0.1, 0.15) is 5.60 Å². The van der Waals surface area contributed by atoms with Crippen molar-refractivity contribution in [3.8, 4) is 11.5 Å². The van der Waals surface area contributed by atoms with Crippen LogP contribution >= 0.6 is 0 Å². The van der Waals surface area contributed by atoms with Crippen LogP contribution in [0.25, 0.3) is 11.5 Å². The topological polar surface area (TPSA) is 71.7 Å². The van der Waals surface area contributed by atoms with Crippen molar-refractivity contribution in [3.05, 3.63) is 66.1 Å². The Bertz CT molecular complexity index is 1020. The van der Waals surface area contributed by atoms with Gasteiger partial charge in [0, 0.05) is 43.9 Å². The predicted octanol–water partition coefficient (Wildman–Crippen LogP) is 4.58. The zero-order valence-corrected chi connectivity index (χ0v) is 19.0. The van der Waals surface area contributed by atoms with Gasteiger partial charge in [-0.3, -0.25) is 0 Å². The summed E-state index contributed by atoms with van der Waals surface area (Å²) in [7, 11) is 0. The number of hydrogen-bond acceptors (Lipinski definition) is 6. The Kier molecular flexibility index (Phi) is 6.44. The Labute approximate surface area is 189 Å². The number of carbonyl (C=O) groups excluding carboxylic acids is 1. The fraction of sp³-hybridized carbons (Fsp3) is 0.400. The van der Waals surface area contributed by atoms with E-state index in [1.54, 1.807) is 4.90 Å². The van der Waals surface area contributed by atoms with Crippen molar-refractivity contribution in [2.75, 3.05) is 31.1 Å². The number of anilines is 1. The maximum atomic E-state index is 12.2. The summed E-state index contributed by atoms with van der Waals surface area (Å²) in [4.78, 5) is 16.3. The molecule has 0 saturated carbocycles. The van der Waals surface area contributed by atoms with Crippen molar-refractivity contribution in [2.45, 2.75) is 39.2 Å². The average Bonchev–Trinajstić information content (AvgIpc) is 3.27. The van der Waals surface area contributed by atoms with Crippen LogP contribution in [0.2, 0.25) is 0 Å². The maximum Gasteiger partial charge on any atom is 0.410 e. The molecule has 0 aliphatic carbocycles. The van der Waals surface area contributed by atoms with Gasteiger partial charge in [-0.05, 0) is 57.0 Å². The molecular formula is C25H30N4O3. The van der Waals surface area contributed by atoms with Crippen molar-refractivity contribution >= 4 is 11.8 Å². The van der Waals surface area contributed by atoms with Gasteiger partial charge in [0.25, 0.3) is 0 Å². The lowest BCUT2D eigenvalue weighted by molar-refractivity contribution is 0.0240. The van der Waals surface area contributed by atoms with Crippen molar-refractivity contribution in [1.82, 2.24) is 15.1 Å². The molecule has 0 spiro atoms. The first-order valence-corrected chi connectivity index (χ1v) is 11.1. The summed E-state index contributed by atoms with van der Waals surface area (Å²) in [5, 5.41) is 8.40. The number of nitrogens with zero attached hydrogens (tertiary/aromatic N) is 4. The van der Waals surface area contributed by atoms with Gasteiger partial charge in [-0.1, -0.05) is 30.3 Å². The molecule has 1 fully saturated rings. The fourth-order valence-corrected chi connectivity index (χ4v) is 3.66. The molecule has 7 heteroatoms. The summed E-state index contributed by atoms with van der Waals surface area (Å²) in [6, 6.07) is 18.4. The molecule has 1 aromatic heterocycles. The lowest BCUT2D eigenvalue weighted by Gasteiger charge is -2.36. The van der Waals surface area contributed by atoms with Crippen LogP contribution in [0.5, 0.6) is 0 Å². The number of hydrogen-bond donors (Lipinski definition) is 0. The number of benzene rings is 2. The van der Waals surface area contributed by atoms with Crippen molar-refractivity contribution in [2.24, 2.45) is 0 Å². The molecule has 1 saturated heterocycles. The van der Waals surface area contributed by atoms with Crippen LogP contribution in [0.1, 0.15) is 32.2 Å². The van der Waals surface area contributed by atoms with E-state index in [1.165, 1.54) is 5.56 Å². The van der Waals surface area contributed by atoms with Crippen LogP contribution in [0.15, 0.2) is 59.0 Å². The molecule has 1 aliphatic rings. The van der Waals surface area contributed by atoms with Gasteiger partial charge >= 0.3 is 6.09 Å². The van der Waals surface area contributed by atoms with Gasteiger partial charge in [0.2, 0.25) is 11.8 Å². The zero-order chi connectivity index (χ0) is 22.6. The molecule has 168 valence electrons. The van der Waals surface area contributed by atoms with Gasteiger partial charge < -0.3 is 19.0 Å². The molecule has 7 nitrogen and oxygen atoms in total. The Hall–Kier alpha value is -3.35. The minimum Gasteiger partial charge on any atom is -0.444 e. The summed E-state index contributed by atoms with van der Waals surface area (Å²) in [5.74, 6) is 1.18. The minimum absolute atomic E-state index is 0.244. The second-order valence-electron chi connectivity index (χ2n) is 8.99. The van der Waals surface area contributed by atoms with E-state index in [0.717, 1.165) is 37.2 Å². The monoisotopic (exact) mass is 434 g/mol. The second kappa shape index (κ2) is 9.42. The highest BCUT2D eigenvalue weighted by Crippen LogP contribution is 2.24. The summed E-state index contributed by atoms with van der Waals surface area (Å²) < 4.78 is 11.3. The number of piperazine rings is 1. The smallest absolute Gasteiger partial charge is 0.410 e. The zero-order valence-electron chi connectivity index (χ0n) is 19.0. The normalized spacial score (nSPS) is 14.5. The van der Waals surface area contributed by atoms with Gasteiger partial charge in [0.15, 0.2) is 0 Å². The molecule has 4 rings (SSSR count). The molecule has 1 amide bonds. The van der Waals surface area contributed by atoms with E-state index in [4.69, 9.17) is 9.15 Å². The molecule has 0 radical (unpaired) electrons.